The van der Waals surface area contributed by atoms with Crippen LogP contribution < -0.4 is 0 Å². The molecular weight excluding hydrogens is 132 g/mol. The Balaban J connectivity index is 2.95. The molecule has 0 spiro atoms. The lowest BCUT2D eigenvalue weighted by Crippen LogP contribution is -1.84. The van der Waals surface area contributed by atoms with Gasteiger partial charge < -0.3 is 5.11 Å². The highest BCUT2D eigenvalue weighted by molar-refractivity contribution is 5.49. The smallest absolute Gasteiger partial charge is 0.205 e. The van der Waals surface area contributed by atoms with Crippen LogP contribution >= 0.6 is 0 Å². The number of nitrogens with zero attached hydrogens (tertiary/aromatic N) is 4. The molecule has 2 aromatic rings. The summed E-state index contributed by atoms with van der Waals surface area (Å²) in [4.78, 5) is 3.72. The molecule has 0 atom stereocenters. The summed E-state index contributed by atoms with van der Waals surface area (Å²) in [7, 11) is 0. The van der Waals surface area contributed by atoms with Gasteiger partial charge in [-0.3, -0.25) is 4.40 Å². The van der Waals surface area contributed by atoms with E-state index in [0.29, 0.717) is 5.65 Å². The highest BCUT2D eigenvalue weighted by atomic mass is 16.3. The quantitative estimate of drug-likeness (QED) is 0.546. The molecule has 5 nitrogen and oxygen atoms in total. The van der Waals surface area contributed by atoms with E-state index in [1.165, 1.54) is 23.3 Å². The van der Waals surface area contributed by atoms with Crippen LogP contribution in [0.4, 0.5) is 0 Å². The second-order valence-electron chi connectivity index (χ2n) is 1.84. The van der Waals surface area contributed by atoms with Crippen LogP contribution in [-0.4, -0.2) is 24.7 Å². The van der Waals surface area contributed by atoms with Crippen molar-refractivity contribution in [3.05, 3.63) is 18.9 Å². The Kier molecular flexibility index (Phi) is 0.858. The topological polar surface area (TPSA) is 63.3 Å². The first-order valence-corrected chi connectivity index (χ1v) is 2.70. The third kappa shape index (κ3) is 0.540. The summed E-state index contributed by atoms with van der Waals surface area (Å²) in [5.41, 5.74) is 0.426. The van der Waals surface area contributed by atoms with Crippen molar-refractivity contribution < 1.29 is 5.11 Å². The van der Waals surface area contributed by atoms with Gasteiger partial charge in [-0.2, -0.15) is 0 Å². The molecule has 0 saturated carbocycles. The molecule has 0 fully saturated rings. The van der Waals surface area contributed by atoms with E-state index >= 15 is 0 Å². The summed E-state index contributed by atoms with van der Waals surface area (Å²) >= 11 is 0. The fourth-order valence-electron chi connectivity index (χ4n) is 0.744. The molecule has 0 aliphatic rings. The molecule has 5 heteroatoms. The van der Waals surface area contributed by atoms with Crippen molar-refractivity contribution in [1.82, 2.24) is 19.6 Å². The van der Waals surface area contributed by atoms with E-state index in [4.69, 9.17) is 5.11 Å². The zero-order valence-corrected chi connectivity index (χ0v) is 4.97. The fraction of sp³-hybridized carbons (Fsp3) is 0. The van der Waals surface area contributed by atoms with Gasteiger partial charge in [-0.15, -0.1) is 10.2 Å². The number of fused-ring (bicyclic) bond motifs is 1. The van der Waals surface area contributed by atoms with E-state index in [9.17, 15) is 0 Å². The van der Waals surface area contributed by atoms with Gasteiger partial charge in [0.05, 0.1) is 6.20 Å². The van der Waals surface area contributed by atoms with Crippen LogP contribution in [0.2, 0.25) is 0 Å². The molecule has 0 bridgehead atoms. The van der Waals surface area contributed by atoms with Crippen molar-refractivity contribution in [1.29, 1.82) is 0 Å². The molecule has 2 heterocycles. The largest absolute Gasteiger partial charge is 0.503 e. The second-order valence-corrected chi connectivity index (χ2v) is 1.84. The minimum Gasteiger partial charge on any atom is -0.503 e. The lowest BCUT2D eigenvalue weighted by atomic mass is 10.6. The summed E-state index contributed by atoms with van der Waals surface area (Å²) in [6.07, 6.45) is 4.32. The maximum Gasteiger partial charge on any atom is 0.205 e. The van der Waals surface area contributed by atoms with Gasteiger partial charge in [0.1, 0.15) is 12.7 Å². The van der Waals surface area contributed by atoms with Crippen LogP contribution in [0.3, 0.4) is 0 Å². The van der Waals surface area contributed by atoms with E-state index in [2.05, 4.69) is 15.2 Å². The first-order chi connectivity index (χ1) is 4.88. The Hall–Kier alpha value is -1.65. The monoisotopic (exact) mass is 136 g/mol. The van der Waals surface area contributed by atoms with Gasteiger partial charge in [0.15, 0.2) is 5.75 Å². The lowest BCUT2D eigenvalue weighted by Gasteiger charge is -1.90. The average molecular weight is 136 g/mol. The summed E-state index contributed by atoms with van der Waals surface area (Å²) in [6.45, 7) is 0. The normalized spacial score (nSPS) is 10.4. The van der Waals surface area contributed by atoms with Crippen molar-refractivity contribution in [2.75, 3.05) is 0 Å². The van der Waals surface area contributed by atoms with Crippen molar-refractivity contribution in [2.24, 2.45) is 0 Å². The zero-order valence-electron chi connectivity index (χ0n) is 4.97. The van der Waals surface area contributed by atoms with Crippen LogP contribution in [0.5, 0.6) is 5.75 Å². The van der Waals surface area contributed by atoms with Crippen molar-refractivity contribution in [3.63, 3.8) is 0 Å². The van der Waals surface area contributed by atoms with Crippen molar-refractivity contribution >= 4 is 5.65 Å². The molecule has 1 N–H and O–H groups in total. The van der Waals surface area contributed by atoms with Gasteiger partial charge in [-0.05, 0) is 0 Å². The third-order valence-electron chi connectivity index (χ3n) is 1.19. The minimum atomic E-state index is 0.0417. The van der Waals surface area contributed by atoms with Gasteiger partial charge in [0.25, 0.3) is 0 Å². The summed E-state index contributed by atoms with van der Waals surface area (Å²) < 4.78 is 1.54. The first-order valence-electron chi connectivity index (χ1n) is 2.70. The molecule has 0 aromatic carbocycles. The highest BCUT2D eigenvalue weighted by Gasteiger charge is 1.98. The Morgan fingerprint density at radius 2 is 2.30 bits per heavy atom. The van der Waals surface area contributed by atoms with Crippen LogP contribution in [0.1, 0.15) is 0 Å². The van der Waals surface area contributed by atoms with Crippen LogP contribution in [0.25, 0.3) is 5.65 Å². The number of aromatic nitrogens is 4. The Bertz CT molecular complexity index is 355. The molecule has 10 heavy (non-hydrogen) atoms. The summed E-state index contributed by atoms with van der Waals surface area (Å²) in [5, 5.41) is 16.3. The van der Waals surface area contributed by atoms with Crippen LogP contribution in [-0.2, 0) is 0 Å². The number of hydrogen-bond donors (Lipinski definition) is 1. The molecule has 0 unspecified atom stereocenters. The SMILES string of the molecule is Oc1cncn2cnnc12. The predicted molar refractivity (Wildman–Crippen MR) is 32.4 cm³/mol. The lowest BCUT2D eigenvalue weighted by molar-refractivity contribution is 0.474. The Morgan fingerprint density at radius 1 is 1.40 bits per heavy atom. The van der Waals surface area contributed by atoms with Crippen LogP contribution in [0, 0.1) is 0 Å². The van der Waals surface area contributed by atoms with E-state index in [0.717, 1.165) is 0 Å². The number of rotatable bonds is 0. The molecule has 0 aliphatic heterocycles. The number of aromatic hydroxyl groups is 1. The Labute approximate surface area is 56.0 Å². The molecule has 0 amide bonds. The molecule has 2 aromatic heterocycles. The molecule has 0 saturated heterocycles. The molecule has 0 radical (unpaired) electrons. The Morgan fingerprint density at radius 3 is 3.10 bits per heavy atom. The summed E-state index contributed by atoms with van der Waals surface area (Å²) in [5.74, 6) is 0.0417. The van der Waals surface area contributed by atoms with E-state index in [1.807, 2.05) is 0 Å². The highest BCUT2D eigenvalue weighted by Crippen LogP contribution is 2.10. The minimum absolute atomic E-state index is 0.0417. The maximum absolute atomic E-state index is 9.07. The average Bonchev–Trinajstić information content (AvgIpc) is 2.36. The fourth-order valence-corrected chi connectivity index (χ4v) is 0.744. The zero-order chi connectivity index (χ0) is 6.97. The molecule has 2 rings (SSSR count). The van der Waals surface area contributed by atoms with Crippen molar-refractivity contribution in [2.45, 2.75) is 0 Å². The maximum atomic E-state index is 9.07. The van der Waals surface area contributed by atoms with Gasteiger partial charge in [-0.25, -0.2) is 4.98 Å². The van der Waals surface area contributed by atoms with Crippen molar-refractivity contribution in [3.8, 4) is 5.75 Å². The predicted octanol–water partition coefficient (Wildman–Crippen LogP) is -0.170. The molecular formula is C5H4N4O. The third-order valence-corrected chi connectivity index (χ3v) is 1.19. The molecule has 0 aliphatic carbocycles. The first kappa shape index (κ1) is 5.16. The van der Waals surface area contributed by atoms with Gasteiger partial charge in [0.2, 0.25) is 5.65 Å². The van der Waals surface area contributed by atoms with Crippen LogP contribution in [0.15, 0.2) is 18.9 Å². The molecule has 50 valence electrons. The van der Waals surface area contributed by atoms with Gasteiger partial charge >= 0.3 is 0 Å². The summed E-state index contributed by atoms with van der Waals surface area (Å²) in [6, 6.07) is 0. The van der Waals surface area contributed by atoms with E-state index in [-0.39, 0.29) is 5.75 Å². The van der Waals surface area contributed by atoms with E-state index in [1.54, 1.807) is 0 Å². The van der Waals surface area contributed by atoms with Gasteiger partial charge in [0, 0.05) is 0 Å². The second kappa shape index (κ2) is 1.66. The number of hydrogen-bond acceptors (Lipinski definition) is 4. The van der Waals surface area contributed by atoms with E-state index < -0.39 is 0 Å². The van der Waals surface area contributed by atoms with Gasteiger partial charge in [-0.1, -0.05) is 0 Å². The standard InChI is InChI=1S/C5H4N4O/c10-4-1-6-2-9-3-7-8-5(4)9/h1-3,10H.